The van der Waals surface area contributed by atoms with Gasteiger partial charge in [0.25, 0.3) is 5.91 Å². The zero-order valence-corrected chi connectivity index (χ0v) is 12.1. The van der Waals surface area contributed by atoms with E-state index in [1.54, 1.807) is 12.5 Å². The van der Waals surface area contributed by atoms with Gasteiger partial charge in [0.05, 0.1) is 6.33 Å². The molecule has 2 rings (SSSR count). The predicted octanol–water partition coefficient (Wildman–Crippen LogP) is 3.13. The van der Waals surface area contributed by atoms with Gasteiger partial charge in [-0.15, -0.1) is 0 Å². The van der Waals surface area contributed by atoms with E-state index in [1.807, 2.05) is 46.9 Å². The summed E-state index contributed by atoms with van der Waals surface area (Å²) in [4.78, 5) is 18.3. The van der Waals surface area contributed by atoms with Gasteiger partial charge < -0.3 is 9.47 Å². The fraction of sp³-hybridized carbons (Fsp3) is 0.375. The van der Waals surface area contributed by atoms with Crippen LogP contribution in [0.1, 0.15) is 37.0 Å². The van der Waals surface area contributed by atoms with Crippen molar-refractivity contribution in [3.63, 3.8) is 0 Å². The molecule has 0 aliphatic heterocycles. The lowest BCUT2D eigenvalue weighted by Crippen LogP contribution is -2.31. The van der Waals surface area contributed by atoms with Crippen molar-refractivity contribution in [1.82, 2.24) is 14.5 Å². The first-order valence-corrected chi connectivity index (χ1v) is 7.14. The Bertz CT molecular complexity index is 531. The third-order valence-electron chi connectivity index (χ3n) is 3.37. The van der Waals surface area contributed by atoms with Crippen LogP contribution in [0.15, 0.2) is 43.0 Å². The molecular weight excluding hydrogens is 250 g/mol. The average molecular weight is 271 g/mol. The van der Waals surface area contributed by atoms with Crippen LogP contribution in [0, 0.1) is 0 Å². The van der Waals surface area contributed by atoms with Crippen LogP contribution in [0.25, 0.3) is 5.69 Å². The Labute approximate surface area is 120 Å². The van der Waals surface area contributed by atoms with Crippen LogP contribution in [-0.4, -0.2) is 33.4 Å². The maximum atomic E-state index is 12.4. The van der Waals surface area contributed by atoms with Crippen LogP contribution in [-0.2, 0) is 0 Å². The molecule has 20 heavy (non-hydrogen) atoms. The lowest BCUT2D eigenvalue weighted by atomic mass is 10.1. The van der Waals surface area contributed by atoms with Crippen molar-refractivity contribution < 1.29 is 4.79 Å². The van der Waals surface area contributed by atoms with Gasteiger partial charge in [-0.3, -0.25) is 4.79 Å². The monoisotopic (exact) mass is 271 g/mol. The molecule has 1 heterocycles. The van der Waals surface area contributed by atoms with Gasteiger partial charge in [-0.2, -0.15) is 0 Å². The second-order valence-corrected chi connectivity index (χ2v) is 4.76. The molecule has 0 saturated heterocycles. The van der Waals surface area contributed by atoms with E-state index in [2.05, 4.69) is 11.9 Å². The SMILES string of the molecule is CCCCN(CC)C(=O)c1ccc(-n2ccnc2)cc1. The number of benzene rings is 1. The van der Waals surface area contributed by atoms with E-state index in [-0.39, 0.29) is 5.91 Å². The molecule has 0 atom stereocenters. The lowest BCUT2D eigenvalue weighted by molar-refractivity contribution is 0.0762. The highest BCUT2D eigenvalue weighted by Crippen LogP contribution is 2.11. The molecule has 2 aromatic rings. The van der Waals surface area contributed by atoms with Crippen LogP contribution in [0.4, 0.5) is 0 Å². The fourth-order valence-electron chi connectivity index (χ4n) is 2.12. The average Bonchev–Trinajstić information content (AvgIpc) is 3.02. The molecule has 0 spiro atoms. The van der Waals surface area contributed by atoms with Gasteiger partial charge in [0.2, 0.25) is 0 Å². The van der Waals surface area contributed by atoms with Crippen molar-refractivity contribution in [3.8, 4) is 5.69 Å². The van der Waals surface area contributed by atoms with Gasteiger partial charge in [0.1, 0.15) is 0 Å². The van der Waals surface area contributed by atoms with Crippen LogP contribution < -0.4 is 0 Å². The van der Waals surface area contributed by atoms with Crippen molar-refractivity contribution in [3.05, 3.63) is 48.5 Å². The topological polar surface area (TPSA) is 38.1 Å². The largest absolute Gasteiger partial charge is 0.339 e. The molecule has 0 unspecified atom stereocenters. The normalized spacial score (nSPS) is 10.5. The molecule has 1 aromatic carbocycles. The van der Waals surface area contributed by atoms with E-state index in [1.165, 1.54) is 0 Å². The summed E-state index contributed by atoms with van der Waals surface area (Å²) in [5.74, 6) is 0.109. The lowest BCUT2D eigenvalue weighted by Gasteiger charge is -2.20. The Morgan fingerprint density at radius 2 is 2.00 bits per heavy atom. The molecule has 0 saturated carbocycles. The summed E-state index contributed by atoms with van der Waals surface area (Å²) in [6, 6.07) is 7.66. The van der Waals surface area contributed by atoms with Crippen molar-refractivity contribution in [2.75, 3.05) is 13.1 Å². The Morgan fingerprint density at radius 1 is 1.25 bits per heavy atom. The molecular formula is C16H21N3O. The first-order valence-electron chi connectivity index (χ1n) is 7.14. The Balaban J connectivity index is 2.10. The third-order valence-corrected chi connectivity index (χ3v) is 3.37. The third kappa shape index (κ3) is 3.26. The number of unbranched alkanes of at least 4 members (excludes halogenated alkanes) is 1. The summed E-state index contributed by atoms with van der Waals surface area (Å²) >= 11 is 0. The number of carbonyl (C=O) groups excluding carboxylic acids is 1. The molecule has 0 radical (unpaired) electrons. The Kier molecular flexibility index (Phi) is 4.93. The number of hydrogen-bond donors (Lipinski definition) is 0. The molecule has 0 aliphatic carbocycles. The molecule has 0 bridgehead atoms. The summed E-state index contributed by atoms with van der Waals surface area (Å²) in [6.07, 6.45) is 7.52. The highest BCUT2D eigenvalue weighted by Gasteiger charge is 2.13. The van der Waals surface area contributed by atoms with Crippen LogP contribution in [0.5, 0.6) is 0 Å². The minimum absolute atomic E-state index is 0.109. The van der Waals surface area contributed by atoms with Crippen molar-refractivity contribution >= 4 is 5.91 Å². The zero-order chi connectivity index (χ0) is 14.4. The number of rotatable bonds is 6. The quantitative estimate of drug-likeness (QED) is 0.809. The first kappa shape index (κ1) is 14.3. The summed E-state index contributed by atoms with van der Waals surface area (Å²) in [7, 11) is 0. The summed E-state index contributed by atoms with van der Waals surface area (Å²) in [5.41, 5.74) is 1.75. The van der Waals surface area contributed by atoms with Crippen LogP contribution in [0.2, 0.25) is 0 Å². The highest BCUT2D eigenvalue weighted by molar-refractivity contribution is 5.94. The zero-order valence-electron chi connectivity index (χ0n) is 12.1. The van der Waals surface area contributed by atoms with E-state index in [0.717, 1.165) is 37.2 Å². The standard InChI is InChI=1S/C16H21N3O/c1-3-5-11-18(4-2)16(20)14-6-8-15(9-7-14)19-12-10-17-13-19/h6-10,12-13H,3-5,11H2,1-2H3. The number of aromatic nitrogens is 2. The van der Waals surface area contributed by atoms with Gasteiger partial charge >= 0.3 is 0 Å². The van der Waals surface area contributed by atoms with Crippen molar-refractivity contribution in [1.29, 1.82) is 0 Å². The summed E-state index contributed by atoms with van der Waals surface area (Å²) in [5, 5.41) is 0. The minimum atomic E-state index is 0.109. The van der Waals surface area contributed by atoms with Crippen LogP contribution >= 0.6 is 0 Å². The highest BCUT2D eigenvalue weighted by atomic mass is 16.2. The Hall–Kier alpha value is -2.10. The number of carbonyl (C=O) groups is 1. The number of imidazole rings is 1. The number of hydrogen-bond acceptors (Lipinski definition) is 2. The second kappa shape index (κ2) is 6.89. The van der Waals surface area contributed by atoms with E-state index in [0.29, 0.717) is 0 Å². The van der Waals surface area contributed by atoms with E-state index >= 15 is 0 Å². The predicted molar refractivity (Wildman–Crippen MR) is 80.0 cm³/mol. The van der Waals surface area contributed by atoms with Gasteiger partial charge in [-0.1, -0.05) is 13.3 Å². The summed E-state index contributed by atoms with van der Waals surface area (Å²) in [6.45, 7) is 5.74. The summed E-state index contributed by atoms with van der Waals surface area (Å²) < 4.78 is 1.92. The molecule has 1 aromatic heterocycles. The Morgan fingerprint density at radius 3 is 2.55 bits per heavy atom. The second-order valence-electron chi connectivity index (χ2n) is 4.76. The van der Waals surface area contributed by atoms with Gasteiger partial charge in [0, 0.05) is 36.7 Å². The van der Waals surface area contributed by atoms with E-state index in [4.69, 9.17) is 0 Å². The fourth-order valence-corrected chi connectivity index (χ4v) is 2.12. The van der Waals surface area contributed by atoms with Crippen LogP contribution in [0.3, 0.4) is 0 Å². The van der Waals surface area contributed by atoms with Gasteiger partial charge in [0.15, 0.2) is 0 Å². The number of nitrogens with zero attached hydrogens (tertiary/aromatic N) is 3. The number of amides is 1. The molecule has 106 valence electrons. The maximum Gasteiger partial charge on any atom is 0.253 e. The molecule has 0 N–H and O–H groups in total. The first-order chi connectivity index (χ1) is 9.76. The van der Waals surface area contributed by atoms with Gasteiger partial charge in [-0.05, 0) is 37.6 Å². The molecule has 1 amide bonds. The smallest absolute Gasteiger partial charge is 0.253 e. The van der Waals surface area contributed by atoms with Crippen molar-refractivity contribution in [2.24, 2.45) is 0 Å². The van der Waals surface area contributed by atoms with E-state index < -0.39 is 0 Å². The van der Waals surface area contributed by atoms with Gasteiger partial charge in [-0.25, -0.2) is 4.98 Å². The minimum Gasteiger partial charge on any atom is -0.339 e. The molecule has 4 nitrogen and oxygen atoms in total. The maximum absolute atomic E-state index is 12.4. The molecule has 0 aliphatic rings. The molecule has 0 fully saturated rings. The molecule has 4 heteroatoms. The van der Waals surface area contributed by atoms with Crippen molar-refractivity contribution in [2.45, 2.75) is 26.7 Å². The van der Waals surface area contributed by atoms with E-state index in [9.17, 15) is 4.79 Å².